The third kappa shape index (κ3) is 2.70. The molecule has 2 fully saturated rings. The van der Waals surface area contributed by atoms with Crippen LogP contribution in [0.5, 0.6) is 0 Å². The Morgan fingerprint density at radius 1 is 1.24 bits per heavy atom. The number of carbonyl (C=O) groups excluding carboxylic acids is 1. The Morgan fingerprint density at radius 2 is 1.94 bits per heavy atom. The van der Waals surface area contributed by atoms with Gasteiger partial charge in [0.05, 0.1) is 0 Å². The van der Waals surface area contributed by atoms with Crippen molar-refractivity contribution in [3.8, 4) is 0 Å². The Balaban J connectivity index is 1.67. The van der Waals surface area contributed by atoms with Crippen LogP contribution in [-0.2, 0) is 4.79 Å². The van der Waals surface area contributed by atoms with Crippen molar-refractivity contribution in [2.45, 2.75) is 50.5 Å². The molecular formula is C12H20N2O3. The lowest BCUT2D eigenvalue weighted by molar-refractivity contribution is -0.148. The van der Waals surface area contributed by atoms with Gasteiger partial charge in [0.15, 0.2) is 0 Å². The van der Waals surface area contributed by atoms with Crippen molar-refractivity contribution >= 4 is 12.0 Å². The van der Waals surface area contributed by atoms with Gasteiger partial charge in [0, 0.05) is 6.54 Å². The molecule has 5 heteroatoms. The van der Waals surface area contributed by atoms with Crippen LogP contribution in [0.1, 0.15) is 44.9 Å². The normalized spacial score (nSPS) is 22.1. The number of aliphatic carboxylic acids is 1. The van der Waals surface area contributed by atoms with Gasteiger partial charge in [0.2, 0.25) is 0 Å². The van der Waals surface area contributed by atoms with Gasteiger partial charge < -0.3 is 15.7 Å². The molecule has 2 aliphatic carbocycles. The van der Waals surface area contributed by atoms with E-state index in [1.165, 1.54) is 19.3 Å². The minimum atomic E-state index is -0.999. The molecule has 17 heavy (non-hydrogen) atoms. The Hall–Kier alpha value is -1.26. The van der Waals surface area contributed by atoms with Crippen LogP contribution in [0, 0.1) is 5.92 Å². The second-order valence-corrected chi connectivity index (χ2v) is 5.21. The minimum Gasteiger partial charge on any atom is -0.480 e. The van der Waals surface area contributed by atoms with E-state index in [1.807, 2.05) is 0 Å². The van der Waals surface area contributed by atoms with E-state index in [9.17, 15) is 9.59 Å². The van der Waals surface area contributed by atoms with Crippen molar-refractivity contribution in [1.82, 2.24) is 10.6 Å². The maximum absolute atomic E-state index is 11.6. The van der Waals surface area contributed by atoms with Crippen LogP contribution in [0.15, 0.2) is 0 Å². The van der Waals surface area contributed by atoms with Crippen molar-refractivity contribution < 1.29 is 14.7 Å². The zero-order valence-corrected chi connectivity index (χ0v) is 10.00. The topological polar surface area (TPSA) is 78.4 Å². The fourth-order valence-electron chi connectivity index (χ4n) is 2.36. The zero-order valence-electron chi connectivity index (χ0n) is 10.00. The van der Waals surface area contributed by atoms with Crippen LogP contribution in [0.2, 0.25) is 0 Å². The van der Waals surface area contributed by atoms with Crippen LogP contribution < -0.4 is 10.6 Å². The molecule has 0 heterocycles. The predicted octanol–water partition coefficient (Wildman–Crippen LogP) is 1.48. The Labute approximate surface area is 101 Å². The van der Waals surface area contributed by atoms with Crippen molar-refractivity contribution in [2.24, 2.45) is 5.92 Å². The molecule has 0 aromatic rings. The van der Waals surface area contributed by atoms with Gasteiger partial charge in [0.25, 0.3) is 0 Å². The molecule has 0 unspecified atom stereocenters. The standard InChI is InChI=1S/C12H20N2O3/c15-10(16)12(6-2-7-12)14-11(17)13-8-5-9-3-1-4-9/h9H,1-8H2,(H,15,16)(H2,13,14,17). The lowest BCUT2D eigenvalue weighted by atomic mass is 9.77. The lowest BCUT2D eigenvalue weighted by Crippen LogP contribution is -2.61. The van der Waals surface area contributed by atoms with Gasteiger partial charge >= 0.3 is 12.0 Å². The van der Waals surface area contributed by atoms with Crippen LogP contribution in [-0.4, -0.2) is 29.2 Å². The number of rotatable bonds is 5. The molecule has 96 valence electrons. The van der Waals surface area contributed by atoms with Gasteiger partial charge in [-0.2, -0.15) is 0 Å². The van der Waals surface area contributed by atoms with Gasteiger partial charge in [-0.1, -0.05) is 19.3 Å². The van der Waals surface area contributed by atoms with Crippen molar-refractivity contribution in [1.29, 1.82) is 0 Å². The van der Waals surface area contributed by atoms with Gasteiger partial charge in [-0.3, -0.25) is 0 Å². The third-order valence-electron chi connectivity index (χ3n) is 4.03. The van der Waals surface area contributed by atoms with E-state index in [0.717, 1.165) is 18.8 Å². The number of amides is 2. The fourth-order valence-corrected chi connectivity index (χ4v) is 2.36. The molecular weight excluding hydrogens is 220 g/mol. The molecule has 2 rings (SSSR count). The zero-order chi connectivity index (χ0) is 12.3. The summed E-state index contributed by atoms with van der Waals surface area (Å²) in [6, 6.07) is -0.341. The van der Waals surface area contributed by atoms with Crippen LogP contribution in [0.4, 0.5) is 4.79 Å². The summed E-state index contributed by atoms with van der Waals surface area (Å²) < 4.78 is 0. The third-order valence-corrected chi connectivity index (χ3v) is 4.03. The van der Waals surface area contributed by atoms with E-state index in [1.54, 1.807) is 0 Å². The number of carboxylic acids is 1. The average Bonchev–Trinajstić information content (AvgIpc) is 2.15. The quantitative estimate of drug-likeness (QED) is 0.681. The number of urea groups is 1. The predicted molar refractivity (Wildman–Crippen MR) is 62.7 cm³/mol. The highest BCUT2D eigenvalue weighted by Crippen LogP contribution is 2.32. The van der Waals surface area contributed by atoms with E-state index >= 15 is 0 Å². The maximum atomic E-state index is 11.6. The lowest BCUT2D eigenvalue weighted by Gasteiger charge is -2.38. The van der Waals surface area contributed by atoms with Gasteiger partial charge in [-0.25, -0.2) is 9.59 Å². The number of hydrogen-bond donors (Lipinski definition) is 3. The van der Waals surface area contributed by atoms with Crippen LogP contribution in [0.3, 0.4) is 0 Å². The SMILES string of the molecule is O=C(NCCC1CCC1)NC1(C(=O)O)CCC1. The Kier molecular flexibility index (Phi) is 3.54. The molecule has 2 amide bonds. The minimum absolute atomic E-state index is 0.341. The summed E-state index contributed by atoms with van der Waals surface area (Å²) in [5.41, 5.74) is -0.999. The molecule has 2 saturated carbocycles. The van der Waals surface area contributed by atoms with E-state index in [2.05, 4.69) is 10.6 Å². The van der Waals surface area contributed by atoms with E-state index in [0.29, 0.717) is 19.4 Å². The summed E-state index contributed by atoms with van der Waals surface area (Å²) >= 11 is 0. The van der Waals surface area contributed by atoms with E-state index < -0.39 is 11.5 Å². The van der Waals surface area contributed by atoms with Crippen LogP contribution >= 0.6 is 0 Å². The first kappa shape index (κ1) is 12.2. The van der Waals surface area contributed by atoms with E-state index in [4.69, 9.17) is 5.11 Å². The summed E-state index contributed by atoms with van der Waals surface area (Å²) in [7, 11) is 0. The van der Waals surface area contributed by atoms with Crippen molar-refractivity contribution in [3.05, 3.63) is 0 Å². The monoisotopic (exact) mass is 240 g/mol. The second kappa shape index (κ2) is 4.94. The number of nitrogens with one attached hydrogen (secondary N) is 2. The van der Waals surface area contributed by atoms with Gasteiger partial charge in [-0.05, 0) is 31.6 Å². The van der Waals surface area contributed by atoms with E-state index in [-0.39, 0.29) is 6.03 Å². The first-order chi connectivity index (χ1) is 8.12. The average molecular weight is 240 g/mol. The largest absolute Gasteiger partial charge is 0.480 e. The maximum Gasteiger partial charge on any atom is 0.329 e. The molecule has 0 spiro atoms. The molecule has 0 radical (unpaired) electrons. The highest BCUT2D eigenvalue weighted by molar-refractivity contribution is 5.87. The number of carbonyl (C=O) groups is 2. The van der Waals surface area contributed by atoms with Gasteiger partial charge in [0.1, 0.15) is 5.54 Å². The van der Waals surface area contributed by atoms with Gasteiger partial charge in [-0.15, -0.1) is 0 Å². The number of carboxylic acid groups (broad SMARTS) is 1. The highest BCUT2D eigenvalue weighted by atomic mass is 16.4. The molecule has 0 aliphatic heterocycles. The first-order valence-corrected chi connectivity index (χ1v) is 6.42. The summed E-state index contributed by atoms with van der Waals surface area (Å²) in [6.45, 7) is 0.645. The molecule has 2 aliphatic rings. The van der Waals surface area contributed by atoms with Crippen molar-refractivity contribution in [3.63, 3.8) is 0 Å². The first-order valence-electron chi connectivity index (χ1n) is 6.42. The Morgan fingerprint density at radius 3 is 2.35 bits per heavy atom. The second-order valence-electron chi connectivity index (χ2n) is 5.21. The number of hydrogen-bond acceptors (Lipinski definition) is 2. The molecule has 0 atom stereocenters. The highest BCUT2D eigenvalue weighted by Gasteiger charge is 2.45. The molecule has 5 nitrogen and oxygen atoms in total. The molecule has 0 saturated heterocycles. The smallest absolute Gasteiger partial charge is 0.329 e. The molecule has 3 N–H and O–H groups in total. The Bertz CT molecular complexity index is 309. The summed E-state index contributed by atoms with van der Waals surface area (Å²) in [6.07, 6.45) is 6.79. The molecule has 0 aromatic heterocycles. The fraction of sp³-hybridized carbons (Fsp3) is 0.833. The van der Waals surface area contributed by atoms with Crippen LogP contribution in [0.25, 0.3) is 0 Å². The summed E-state index contributed by atoms with van der Waals surface area (Å²) in [5, 5.41) is 14.4. The summed E-state index contributed by atoms with van der Waals surface area (Å²) in [5.74, 6) is -0.162. The molecule has 0 aromatic carbocycles. The van der Waals surface area contributed by atoms with Crippen molar-refractivity contribution in [2.75, 3.05) is 6.54 Å². The summed E-state index contributed by atoms with van der Waals surface area (Å²) in [4.78, 5) is 22.6. The molecule has 0 bridgehead atoms.